The second-order valence-corrected chi connectivity index (χ2v) is 6.36. The van der Waals surface area contributed by atoms with Crippen molar-refractivity contribution in [1.82, 2.24) is 4.98 Å². The third-order valence-electron chi connectivity index (χ3n) is 4.09. The summed E-state index contributed by atoms with van der Waals surface area (Å²) in [6, 6.07) is 4.18. The van der Waals surface area contributed by atoms with E-state index < -0.39 is 0 Å². The van der Waals surface area contributed by atoms with E-state index in [0.29, 0.717) is 12.0 Å². The lowest BCUT2D eigenvalue weighted by atomic mass is 9.75. The molecule has 2 N–H and O–H groups in total. The van der Waals surface area contributed by atoms with Gasteiger partial charge in [0.25, 0.3) is 0 Å². The SMILES string of the molecule is CC(C)(C)C1CCN(c2ccc(CN)cn2)CC1. The Morgan fingerprint density at radius 2 is 1.94 bits per heavy atom. The number of rotatable bonds is 2. The highest BCUT2D eigenvalue weighted by atomic mass is 15.2. The Labute approximate surface area is 110 Å². The van der Waals surface area contributed by atoms with Gasteiger partial charge in [-0.3, -0.25) is 0 Å². The van der Waals surface area contributed by atoms with E-state index in [0.717, 1.165) is 30.4 Å². The second-order valence-electron chi connectivity index (χ2n) is 6.36. The molecule has 0 aliphatic carbocycles. The zero-order valence-electron chi connectivity index (χ0n) is 11.8. The van der Waals surface area contributed by atoms with Crippen LogP contribution in [0.1, 0.15) is 39.2 Å². The van der Waals surface area contributed by atoms with Gasteiger partial charge in [0.2, 0.25) is 0 Å². The Hall–Kier alpha value is -1.09. The Bertz CT molecular complexity index is 370. The maximum absolute atomic E-state index is 5.59. The molecule has 3 nitrogen and oxygen atoms in total. The smallest absolute Gasteiger partial charge is 0.128 e. The van der Waals surface area contributed by atoms with Crippen LogP contribution in [0.4, 0.5) is 5.82 Å². The van der Waals surface area contributed by atoms with Gasteiger partial charge in [0, 0.05) is 25.8 Å². The molecule has 1 aromatic rings. The summed E-state index contributed by atoms with van der Waals surface area (Å²) in [5.41, 5.74) is 7.12. The summed E-state index contributed by atoms with van der Waals surface area (Å²) in [5, 5.41) is 0. The molecule has 0 unspecified atom stereocenters. The topological polar surface area (TPSA) is 42.1 Å². The molecule has 1 fully saturated rings. The van der Waals surface area contributed by atoms with Gasteiger partial charge < -0.3 is 10.6 Å². The fourth-order valence-corrected chi connectivity index (χ4v) is 2.70. The number of nitrogens with two attached hydrogens (primary N) is 1. The first-order valence-electron chi connectivity index (χ1n) is 6.90. The zero-order valence-corrected chi connectivity index (χ0v) is 11.8. The van der Waals surface area contributed by atoms with E-state index in [9.17, 15) is 0 Å². The molecule has 1 aliphatic rings. The van der Waals surface area contributed by atoms with Crippen molar-refractivity contribution >= 4 is 5.82 Å². The molecule has 2 heterocycles. The molecule has 0 bridgehead atoms. The van der Waals surface area contributed by atoms with E-state index in [1.165, 1.54) is 12.8 Å². The zero-order chi connectivity index (χ0) is 13.2. The number of pyridine rings is 1. The van der Waals surface area contributed by atoms with Crippen LogP contribution < -0.4 is 10.6 Å². The molecule has 0 atom stereocenters. The number of nitrogens with zero attached hydrogens (tertiary/aromatic N) is 2. The Morgan fingerprint density at radius 3 is 2.39 bits per heavy atom. The number of aromatic nitrogens is 1. The average Bonchev–Trinajstić information content (AvgIpc) is 2.38. The number of hydrogen-bond acceptors (Lipinski definition) is 3. The summed E-state index contributed by atoms with van der Waals surface area (Å²) in [6.45, 7) is 9.86. The van der Waals surface area contributed by atoms with Crippen molar-refractivity contribution in [2.24, 2.45) is 17.1 Å². The third-order valence-corrected chi connectivity index (χ3v) is 4.09. The van der Waals surface area contributed by atoms with Crippen molar-refractivity contribution in [3.05, 3.63) is 23.9 Å². The predicted octanol–water partition coefficient (Wildman–Crippen LogP) is 2.80. The quantitative estimate of drug-likeness (QED) is 0.874. The second kappa shape index (κ2) is 5.27. The van der Waals surface area contributed by atoms with E-state index in [1.54, 1.807) is 0 Å². The van der Waals surface area contributed by atoms with Crippen molar-refractivity contribution < 1.29 is 0 Å². The first-order chi connectivity index (χ1) is 8.50. The molecule has 0 saturated carbocycles. The van der Waals surface area contributed by atoms with Gasteiger partial charge in [-0.2, -0.15) is 0 Å². The first-order valence-corrected chi connectivity index (χ1v) is 6.90. The minimum absolute atomic E-state index is 0.433. The molecule has 1 saturated heterocycles. The van der Waals surface area contributed by atoms with Gasteiger partial charge in [-0.05, 0) is 35.8 Å². The molecule has 2 rings (SSSR count). The van der Waals surface area contributed by atoms with E-state index in [4.69, 9.17) is 5.73 Å². The standard InChI is InChI=1S/C15H25N3/c1-15(2,3)13-6-8-18(9-7-13)14-5-4-12(10-16)11-17-14/h4-5,11,13H,6-10,16H2,1-3H3. The molecule has 0 radical (unpaired) electrons. The Balaban J connectivity index is 1.96. The van der Waals surface area contributed by atoms with Crippen LogP contribution in [0, 0.1) is 11.3 Å². The number of hydrogen-bond donors (Lipinski definition) is 1. The van der Waals surface area contributed by atoms with Crippen LogP contribution in [-0.4, -0.2) is 18.1 Å². The minimum Gasteiger partial charge on any atom is -0.357 e. The van der Waals surface area contributed by atoms with Gasteiger partial charge in [-0.15, -0.1) is 0 Å². The maximum Gasteiger partial charge on any atom is 0.128 e. The lowest BCUT2D eigenvalue weighted by molar-refractivity contribution is 0.198. The van der Waals surface area contributed by atoms with Crippen LogP contribution in [0.3, 0.4) is 0 Å². The molecule has 0 amide bonds. The van der Waals surface area contributed by atoms with Crippen LogP contribution >= 0.6 is 0 Å². The van der Waals surface area contributed by atoms with Crippen LogP contribution in [-0.2, 0) is 6.54 Å². The maximum atomic E-state index is 5.59. The first kappa shape index (κ1) is 13.3. The van der Waals surface area contributed by atoms with Crippen LogP contribution in [0.25, 0.3) is 0 Å². The summed E-state index contributed by atoms with van der Waals surface area (Å²) in [6.07, 6.45) is 4.43. The largest absolute Gasteiger partial charge is 0.357 e. The fraction of sp³-hybridized carbons (Fsp3) is 0.667. The van der Waals surface area contributed by atoms with Gasteiger partial charge in [-0.1, -0.05) is 26.8 Å². The van der Waals surface area contributed by atoms with Gasteiger partial charge in [0.05, 0.1) is 0 Å². The Morgan fingerprint density at radius 1 is 1.28 bits per heavy atom. The summed E-state index contributed by atoms with van der Waals surface area (Å²) in [4.78, 5) is 6.90. The molecule has 1 aromatic heterocycles. The van der Waals surface area contributed by atoms with Crippen LogP contribution in [0.2, 0.25) is 0 Å². The van der Waals surface area contributed by atoms with Crippen molar-refractivity contribution in [3.8, 4) is 0 Å². The van der Waals surface area contributed by atoms with Crippen LogP contribution in [0.15, 0.2) is 18.3 Å². The molecular weight excluding hydrogens is 222 g/mol. The van der Waals surface area contributed by atoms with Crippen molar-refractivity contribution in [2.75, 3.05) is 18.0 Å². The van der Waals surface area contributed by atoms with Gasteiger partial charge in [0.15, 0.2) is 0 Å². The highest BCUT2D eigenvalue weighted by molar-refractivity contribution is 5.39. The molecule has 3 heteroatoms. The highest BCUT2D eigenvalue weighted by Crippen LogP contribution is 2.35. The van der Waals surface area contributed by atoms with Crippen molar-refractivity contribution in [2.45, 2.75) is 40.2 Å². The van der Waals surface area contributed by atoms with E-state index >= 15 is 0 Å². The summed E-state index contributed by atoms with van der Waals surface area (Å²) in [7, 11) is 0. The highest BCUT2D eigenvalue weighted by Gasteiger charge is 2.28. The lowest BCUT2D eigenvalue weighted by Gasteiger charge is -2.39. The Kier molecular flexibility index (Phi) is 3.91. The van der Waals surface area contributed by atoms with Gasteiger partial charge >= 0.3 is 0 Å². The molecular formula is C15H25N3. The van der Waals surface area contributed by atoms with Crippen molar-refractivity contribution in [3.63, 3.8) is 0 Å². The van der Waals surface area contributed by atoms with Gasteiger partial charge in [-0.25, -0.2) is 4.98 Å². The minimum atomic E-state index is 0.433. The number of piperidine rings is 1. The molecule has 18 heavy (non-hydrogen) atoms. The van der Waals surface area contributed by atoms with Gasteiger partial charge in [0.1, 0.15) is 5.82 Å². The normalized spacial score (nSPS) is 18.1. The molecule has 0 spiro atoms. The molecule has 1 aliphatic heterocycles. The van der Waals surface area contributed by atoms with E-state index in [-0.39, 0.29) is 0 Å². The van der Waals surface area contributed by atoms with Crippen molar-refractivity contribution in [1.29, 1.82) is 0 Å². The van der Waals surface area contributed by atoms with Crippen LogP contribution in [0.5, 0.6) is 0 Å². The summed E-state index contributed by atoms with van der Waals surface area (Å²) in [5.74, 6) is 1.93. The monoisotopic (exact) mass is 247 g/mol. The number of anilines is 1. The predicted molar refractivity (Wildman–Crippen MR) is 76.5 cm³/mol. The molecule has 100 valence electrons. The van der Waals surface area contributed by atoms with E-state index in [1.807, 2.05) is 6.20 Å². The fourth-order valence-electron chi connectivity index (χ4n) is 2.70. The summed E-state index contributed by atoms with van der Waals surface area (Å²) < 4.78 is 0. The average molecular weight is 247 g/mol. The lowest BCUT2D eigenvalue weighted by Crippen LogP contribution is -2.38. The molecule has 0 aromatic carbocycles. The third kappa shape index (κ3) is 3.02. The van der Waals surface area contributed by atoms with E-state index in [2.05, 4.69) is 42.8 Å². The summed E-state index contributed by atoms with van der Waals surface area (Å²) >= 11 is 0.